The van der Waals surface area contributed by atoms with Gasteiger partial charge in [-0.25, -0.2) is 0 Å². The summed E-state index contributed by atoms with van der Waals surface area (Å²) in [5, 5.41) is 27.4. The van der Waals surface area contributed by atoms with Crippen molar-refractivity contribution in [2.24, 2.45) is 0 Å². The van der Waals surface area contributed by atoms with Gasteiger partial charge in [0.05, 0.1) is 4.92 Å². The molecule has 0 bridgehead atoms. The second kappa shape index (κ2) is 3.94. The molecular weight excluding hydrogens is 191 g/mol. The van der Waals surface area contributed by atoms with E-state index in [9.17, 15) is 10.1 Å². The molecule has 0 heterocycles. The third-order valence-electron chi connectivity index (χ3n) is 1.41. The van der Waals surface area contributed by atoms with E-state index in [1.54, 1.807) is 0 Å². The molecule has 0 amide bonds. The monoisotopic (exact) mass is 198 g/mol. The number of nitro groups is 1. The Morgan fingerprint density at radius 3 is 2.64 bits per heavy atom. The predicted octanol–water partition coefficient (Wildman–Crippen LogP) is -0.475. The first-order valence-corrected chi connectivity index (χ1v) is 3.57. The summed E-state index contributed by atoms with van der Waals surface area (Å²) in [7, 11) is -2.12. The van der Waals surface area contributed by atoms with Gasteiger partial charge in [-0.1, -0.05) is 0 Å². The number of hydrogen-bond donors (Lipinski definition) is 3. The fraction of sp³-hybridized carbons (Fsp3) is 0. The standard InChI is InChI=1S/C6H7BN2O5/c8-4-1-2-5(9(12)13)6(3-4)14-7(10)11/h1-3,10-11H,8H2. The van der Waals surface area contributed by atoms with E-state index < -0.39 is 12.2 Å². The number of nitrogens with two attached hydrogens (primary N) is 1. The van der Waals surface area contributed by atoms with E-state index in [1.165, 1.54) is 6.07 Å². The Kier molecular flexibility index (Phi) is 2.90. The number of nitrogens with zero attached hydrogens (tertiary/aromatic N) is 1. The molecule has 0 aliphatic rings. The van der Waals surface area contributed by atoms with Crippen LogP contribution in [-0.2, 0) is 0 Å². The second-order valence-electron chi connectivity index (χ2n) is 2.43. The van der Waals surface area contributed by atoms with E-state index in [2.05, 4.69) is 4.65 Å². The minimum atomic E-state index is -2.12. The number of nitrogen functional groups attached to an aromatic ring is 1. The Morgan fingerprint density at radius 2 is 2.14 bits per heavy atom. The van der Waals surface area contributed by atoms with Crippen LogP contribution in [0.3, 0.4) is 0 Å². The van der Waals surface area contributed by atoms with Crippen molar-refractivity contribution >= 4 is 18.7 Å². The van der Waals surface area contributed by atoms with Crippen LogP contribution in [0.5, 0.6) is 5.75 Å². The fourth-order valence-corrected chi connectivity index (χ4v) is 0.890. The van der Waals surface area contributed by atoms with Gasteiger partial charge in [-0.2, -0.15) is 0 Å². The lowest BCUT2D eigenvalue weighted by molar-refractivity contribution is -0.385. The van der Waals surface area contributed by atoms with Crippen LogP contribution in [0, 0.1) is 10.1 Å². The Labute approximate surface area is 79.1 Å². The van der Waals surface area contributed by atoms with E-state index in [1.807, 2.05) is 0 Å². The molecule has 4 N–H and O–H groups in total. The zero-order valence-corrected chi connectivity index (χ0v) is 6.95. The van der Waals surface area contributed by atoms with Crippen LogP contribution in [0.4, 0.5) is 11.4 Å². The van der Waals surface area contributed by atoms with Crippen molar-refractivity contribution in [3.63, 3.8) is 0 Å². The van der Waals surface area contributed by atoms with Gasteiger partial charge in [0.15, 0.2) is 5.75 Å². The minimum Gasteiger partial charge on any atom is -0.507 e. The fourth-order valence-electron chi connectivity index (χ4n) is 0.890. The van der Waals surface area contributed by atoms with Gasteiger partial charge in [-0.3, -0.25) is 10.1 Å². The van der Waals surface area contributed by atoms with Crippen LogP contribution in [-0.4, -0.2) is 22.3 Å². The molecule has 0 aliphatic heterocycles. The Hall–Kier alpha value is -1.80. The zero-order chi connectivity index (χ0) is 10.7. The molecule has 7 nitrogen and oxygen atoms in total. The molecule has 0 radical (unpaired) electrons. The third kappa shape index (κ3) is 2.34. The van der Waals surface area contributed by atoms with Crippen LogP contribution in [0.1, 0.15) is 0 Å². The summed E-state index contributed by atoms with van der Waals surface area (Å²) in [5.74, 6) is -0.287. The van der Waals surface area contributed by atoms with Gasteiger partial charge >= 0.3 is 13.0 Å². The maximum atomic E-state index is 10.4. The first-order chi connectivity index (χ1) is 6.50. The largest absolute Gasteiger partial charge is 0.707 e. The van der Waals surface area contributed by atoms with Crippen molar-refractivity contribution in [3.8, 4) is 5.75 Å². The van der Waals surface area contributed by atoms with Gasteiger partial charge < -0.3 is 20.4 Å². The predicted molar refractivity (Wildman–Crippen MR) is 48.3 cm³/mol. The van der Waals surface area contributed by atoms with E-state index in [4.69, 9.17) is 15.8 Å². The quantitative estimate of drug-likeness (QED) is 0.261. The Morgan fingerprint density at radius 1 is 1.50 bits per heavy atom. The first-order valence-electron chi connectivity index (χ1n) is 3.57. The highest BCUT2D eigenvalue weighted by Gasteiger charge is 2.20. The molecule has 0 atom stereocenters. The SMILES string of the molecule is Nc1ccc([N+](=O)[O-])c(OB(O)O)c1. The summed E-state index contributed by atoms with van der Waals surface area (Å²) < 4.78 is 4.38. The molecule has 0 saturated carbocycles. The summed E-state index contributed by atoms with van der Waals surface area (Å²) in [4.78, 5) is 9.72. The average molecular weight is 198 g/mol. The Bertz CT molecular complexity index is 356. The van der Waals surface area contributed by atoms with Crippen molar-refractivity contribution in [2.45, 2.75) is 0 Å². The van der Waals surface area contributed by atoms with E-state index in [-0.39, 0.29) is 17.1 Å². The summed E-state index contributed by atoms with van der Waals surface area (Å²) in [6.07, 6.45) is 0. The number of hydrogen-bond acceptors (Lipinski definition) is 6. The van der Waals surface area contributed by atoms with Crippen molar-refractivity contribution < 1.29 is 19.6 Å². The number of benzene rings is 1. The highest BCUT2D eigenvalue weighted by atomic mass is 16.6. The van der Waals surface area contributed by atoms with E-state index in [0.717, 1.165) is 12.1 Å². The highest BCUT2D eigenvalue weighted by molar-refractivity contribution is 6.33. The van der Waals surface area contributed by atoms with Crippen LogP contribution in [0.2, 0.25) is 0 Å². The number of rotatable bonds is 3. The van der Waals surface area contributed by atoms with Crippen molar-refractivity contribution in [2.75, 3.05) is 5.73 Å². The third-order valence-corrected chi connectivity index (χ3v) is 1.41. The molecule has 0 fully saturated rings. The molecule has 0 saturated heterocycles. The first kappa shape index (κ1) is 10.3. The Balaban J connectivity index is 3.09. The number of anilines is 1. The van der Waals surface area contributed by atoms with Crippen LogP contribution < -0.4 is 10.4 Å². The molecule has 1 aromatic carbocycles. The zero-order valence-electron chi connectivity index (χ0n) is 6.95. The number of nitro benzene ring substituents is 1. The van der Waals surface area contributed by atoms with Crippen molar-refractivity contribution in [1.82, 2.24) is 0 Å². The second-order valence-corrected chi connectivity index (χ2v) is 2.43. The highest BCUT2D eigenvalue weighted by Crippen LogP contribution is 2.28. The summed E-state index contributed by atoms with van der Waals surface area (Å²) in [6.45, 7) is 0. The molecule has 1 rings (SSSR count). The minimum absolute atomic E-state index is 0.228. The lowest BCUT2D eigenvalue weighted by atomic mass is 10.2. The molecule has 74 valence electrons. The molecule has 0 spiro atoms. The van der Waals surface area contributed by atoms with Gasteiger partial charge in [-0.05, 0) is 6.07 Å². The van der Waals surface area contributed by atoms with Gasteiger partial charge in [0.1, 0.15) is 0 Å². The molecule has 0 unspecified atom stereocenters. The van der Waals surface area contributed by atoms with Gasteiger partial charge in [0, 0.05) is 17.8 Å². The van der Waals surface area contributed by atoms with Gasteiger partial charge in [-0.15, -0.1) is 0 Å². The lowest BCUT2D eigenvalue weighted by Crippen LogP contribution is -2.21. The van der Waals surface area contributed by atoms with Crippen molar-refractivity contribution in [3.05, 3.63) is 28.3 Å². The van der Waals surface area contributed by atoms with Crippen LogP contribution in [0.15, 0.2) is 18.2 Å². The maximum Gasteiger partial charge on any atom is 0.707 e. The van der Waals surface area contributed by atoms with Gasteiger partial charge in [0.2, 0.25) is 0 Å². The summed E-state index contributed by atoms with van der Waals surface area (Å²) in [6, 6.07) is 3.57. The molecule has 8 heteroatoms. The average Bonchev–Trinajstić information content (AvgIpc) is 2.01. The normalized spacial score (nSPS) is 9.57. The van der Waals surface area contributed by atoms with Gasteiger partial charge in [0.25, 0.3) is 0 Å². The van der Waals surface area contributed by atoms with E-state index in [0.29, 0.717) is 0 Å². The smallest absolute Gasteiger partial charge is 0.507 e. The molecule has 0 aromatic heterocycles. The summed E-state index contributed by atoms with van der Waals surface area (Å²) in [5.41, 5.74) is 5.18. The molecular formula is C6H7BN2O5. The van der Waals surface area contributed by atoms with Crippen LogP contribution in [0.25, 0.3) is 0 Å². The lowest BCUT2D eigenvalue weighted by Gasteiger charge is -2.05. The van der Waals surface area contributed by atoms with Crippen molar-refractivity contribution in [1.29, 1.82) is 0 Å². The summed E-state index contributed by atoms with van der Waals surface area (Å²) >= 11 is 0. The maximum absolute atomic E-state index is 10.4. The van der Waals surface area contributed by atoms with Crippen LogP contribution >= 0.6 is 0 Å². The molecule has 14 heavy (non-hydrogen) atoms. The molecule has 1 aromatic rings. The molecule has 0 aliphatic carbocycles. The van der Waals surface area contributed by atoms with E-state index >= 15 is 0 Å². The topological polar surface area (TPSA) is 119 Å².